The number of hydrogen-bond donors (Lipinski definition) is 4. The van der Waals surface area contributed by atoms with Crippen molar-refractivity contribution in [3.63, 3.8) is 0 Å². The molecular weight excluding hydrogens is 801 g/mol. The fourth-order valence-corrected chi connectivity index (χ4v) is 8.45. The lowest BCUT2D eigenvalue weighted by atomic mass is 10.00. The normalized spacial score (nSPS) is 20.0. The summed E-state index contributed by atoms with van der Waals surface area (Å²) in [5.41, 5.74) is 0. The minimum Gasteiger partial charge on any atom is -0.462 e. The molecule has 0 radical (unpaired) electrons. The summed E-state index contributed by atoms with van der Waals surface area (Å²) in [5.74, 6) is -2.03. The number of aliphatic hydroxyl groups excluding tert-OH is 3. The van der Waals surface area contributed by atoms with Gasteiger partial charge in [-0.2, -0.15) is 8.42 Å². The van der Waals surface area contributed by atoms with Crippen LogP contribution in [-0.2, 0) is 38.7 Å². The molecule has 0 aliphatic carbocycles. The van der Waals surface area contributed by atoms with E-state index in [1.807, 2.05) is 6.08 Å². The number of carbonyl (C=O) groups is 2. The molecule has 0 amide bonds. The zero-order valence-electron chi connectivity index (χ0n) is 38.5. The average molecular weight is 891 g/mol. The number of hydrogen-bond acceptors (Lipinski definition) is 11. The molecule has 1 aliphatic heterocycles. The largest absolute Gasteiger partial charge is 0.462 e. The molecule has 1 heterocycles. The van der Waals surface area contributed by atoms with Gasteiger partial charge in [0.25, 0.3) is 10.1 Å². The molecule has 0 aromatic heterocycles. The van der Waals surface area contributed by atoms with Crippen molar-refractivity contribution in [3.05, 3.63) is 12.2 Å². The number of allylic oxidation sites excluding steroid dienone is 2. The van der Waals surface area contributed by atoms with Crippen molar-refractivity contribution in [2.45, 2.75) is 263 Å². The van der Waals surface area contributed by atoms with Crippen LogP contribution in [0, 0.1) is 0 Å². The van der Waals surface area contributed by atoms with Gasteiger partial charge in [0.1, 0.15) is 36.8 Å². The third-order valence-electron chi connectivity index (χ3n) is 11.6. The van der Waals surface area contributed by atoms with E-state index in [0.717, 1.165) is 32.1 Å². The molecule has 13 heteroatoms. The maximum atomic E-state index is 12.8. The number of unbranched alkanes of at least 4 members (excludes halogenated alkanes) is 28. The molecular formula is C48H90O12S. The molecule has 4 N–H and O–H groups in total. The number of esters is 2. The van der Waals surface area contributed by atoms with Gasteiger partial charge in [0, 0.05) is 12.8 Å². The maximum Gasteiger partial charge on any atom is 0.306 e. The zero-order chi connectivity index (χ0) is 44.8. The van der Waals surface area contributed by atoms with E-state index >= 15 is 0 Å². The summed E-state index contributed by atoms with van der Waals surface area (Å²) in [6, 6.07) is 0. The Bertz CT molecular complexity index is 1180. The van der Waals surface area contributed by atoms with E-state index in [1.165, 1.54) is 154 Å². The lowest BCUT2D eigenvalue weighted by Crippen LogP contribution is -2.60. The highest BCUT2D eigenvalue weighted by molar-refractivity contribution is 7.85. The fraction of sp³-hybridized carbons (Fsp3) is 0.917. The SMILES string of the molecule is CCCCCCCCCCCCC/C=C/CCC(=O)O[C@H](COC(=O)CCCCCCCCCCCCCCCCCCCC)CO[C@H]1O[C@H](CS(=O)(=O)O)[C@@H](O)C(O)C1O. The Labute approximate surface area is 371 Å². The van der Waals surface area contributed by atoms with E-state index in [1.54, 1.807) is 0 Å². The maximum absolute atomic E-state index is 12.8. The molecule has 6 atom stereocenters. The number of aliphatic hydroxyl groups is 3. The lowest BCUT2D eigenvalue weighted by molar-refractivity contribution is -0.297. The molecule has 0 aromatic rings. The summed E-state index contributed by atoms with van der Waals surface area (Å²) in [6.45, 7) is 3.76. The van der Waals surface area contributed by atoms with Gasteiger partial charge in [0.2, 0.25) is 0 Å². The summed E-state index contributed by atoms with van der Waals surface area (Å²) in [7, 11) is -4.60. The summed E-state index contributed by atoms with van der Waals surface area (Å²) in [6.07, 6.45) is 32.7. The minimum absolute atomic E-state index is 0.0857. The van der Waals surface area contributed by atoms with Crippen molar-refractivity contribution in [1.29, 1.82) is 0 Å². The minimum atomic E-state index is -4.60. The van der Waals surface area contributed by atoms with E-state index in [9.17, 15) is 37.9 Å². The van der Waals surface area contributed by atoms with Crippen molar-refractivity contribution in [1.82, 2.24) is 0 Å². The first-order valence-electron chi connectivity index (χ1n) is 24.7. The van der Waals surface area contributed by atoms with E-state index in [0.29, 0.717) is 12.8 Å². The molecule has 1 aliphatic rings. The topological polar surface area (TPSA) is 186 Å². The van der Waals surface area contributed by atoms with Crippen molar-refractivity contribution in [2.75, 3.05) is 19.0 Å². The highest BCUT2D eigenvalue weighted by Crippen LogP contribution is 2.24. The van der Waals surface area contributed by atoms with Crippen LogP contribution in [0.15, 0.2) is 12.2 Å². The Morgan fingerprint density at radius 3 is 1.43 bits per heavy atom. The molecule has 0 bridgehead atoms. The zero-order valence-corrected chi connectivity index (χ0v) is 39.4. The Hall–Kier alpha value is -1.61. The van der Waals surface area contributed by atoms with Gasteiger partial charge < -0.3 is 34.3 Å². The van der Waals surface area contributed by atoms with Crippen LogP contribution in [0.3, 0.4) is 0 Å². The van der Waals surface area contributed by atoms with E-state index < -0.39 is 71.2 Å². The molecule has 0 spiro atoms. The Kier molecular flexibility index (Phi) is 36.5. The van der Waals surface area contributed by atoms with Crippen LogP contribution < -0.4 is 0 Å². The number of ether oxygens (including phenoxy) is 4. The highest BCUT2D eigenvalue weighted by Gasteiger charge is 2.46. The van der Waals surface area contributed by atoms with Gasteiger partial charge in [-0.1, -0.05) is 199 Å². The molecule has 0 saturated carbocycles. The van der Waals surface area contributed by atoms with Crippen LogP contribution >= 0.6 is 0 Å². The summed E-state index contributed by atoms with van der Waals surface area (Å²) < 4.78 is 54.1. The average Bonchev–Trinajstić information content (AvgIpc) is 3.22. The van der Waals surface area contributed by atoms with Gasteiger partial charge >= 0.3 is 11.9 Å². The Morgan fingerprint density at radius 1 is 0.541 bits per heavy atom. The van der Waals surface area contributed by atoms with Crippen molar-refractivity contribution >= 4 is 22.1 Å². The smallest absolute Gasteiger partial charge is 0.306 e. The molecule has 12 nitrogen and oxygen atoms in total. The summed E-state index contributed by atoms with van der Waals surface area (Å²) in [5, 5.41) is 30.9. The third-order valence-corrected chi connectivity index (χ3v) is 12.4. The van der Waals surface area contributed by atoms with Crippen LogP contribution in [-0.4, -0.2) is 96.0 Å². The molecule has 2 unspecified atom stereocenters. The number of rotatable bonds is 42. The predicted molar refractivity (Wildman–Crippen MR) is 243 cm³/mol. The van der Waals surface area contributed by atoms with Gasteiger partial charge in [-0.05, 0) is 25.7 Å². The first kappa shape index (κ1) is 57.4. The van der Waals surface area contributed by atoms with Crippen LogP contribution in [0.25, 0.3) is 0 Å². The van der Waals surface area contributed by atoms with Gasteiger partial charge in [-0.3, -0.25) is 14.1 Å². The standard InChI is InChI=1S/C48H90O12S/c1-3-5-7-9-11-13-15-17-19-20-21-23-24-26-28-30-32-34-36-43(49)57-38-41(39-58-48-47(53)46(52)45(51)42(60-48)40-61(54,55)56)59-44(50)37-35-33-31-29-27-25-22-18-16-14-12-10-8-6-4-2/h31,33,41-42,45-48,51-53H,3-30,32,34-40H2,1-2H3,(H,54,55,56)/b33-31+/t41-,42-,45-,46?,47?,48+/m1/s1. The van der Waals surface area contributed by atoms with Crippen molar-refractivity contribution < 1.29 is 56.8 Å². The predicted octanol–water partition coefficient (Wildman–Crippen LogP) is 10.6. The molecule has 61 heavy (non-hydrogen) atoms. The Balaban J connectivity index is 2.40. The van der Waals surface area contributed by atoms with Crippen molar-refractivity contribution in [2.24, 2.45) is 0 Å². The van der Waals surface area contributed by atoms with E-state index in [4.69, 9.17) is 18.9 Å². The van der Waals surface area contributed by atoms with Gasteiger partial charge in [0.15, 0.2) is 12.4 Å². The van der Waals surface area contributed by atoms with Crippen LogP contribution in [0.1, 0.15) is 226 Å². The first-order valence-corrected chi connectivity index (χ1v) is 26.4. The second-order valence-electron chi connectivity index (χ2n) is 17.5. The van der Waals surface area contributed by atoms with Gasteiger partial charge in [0.05, 0.1) is 6.61 Å². The third kappa shape index (κ3) is 33.6. The van der Waals surface area contributed by atoms with Crippen LogP contribution in [0.4, 0.5) is 0 Å². The molecule has 1 fully saturated rings. The highest BCUT2D eigenvalue weighted by atomic mass is 32.2. The second kappa shape index (κ2) is 38.8. The van der Waals surface area contributed by atoms with Crippen molar-refractivity contribution in [3.8, 4) is 0 Å². The van der Waals surface area contributed by atoms with E-state index in [2.05, 4.69) is 19.9 Å². The second-order valence-corrected chi connectivity index (χ2v) is 19.0. The van der Waals surface area contributed by atoms with E-state index in [-0.39, 0.29) is 19.4 Å². The Morgan fingerprint density at radius 2 is 0.967 bits per heavy atom. The van der Waals surface area contributed by atoms with Crippen LogP contribution in [0.2, 0.25) is 0 Å². The number of carbonyl (C=O) groups excluding carboxylic acids is 2. The van der Waals surface area contributed by atoms with Gasteiger partial charge in [-0.15, -0.1) is 0 Å². The molecule has 360 valence electrons. The monoisotopic (exact) mass is 891 g/mol. The summed E-state index contributed by atoms with van der Waals surface area (Å²) >= 11 is 0. The lowest BCUT2D eigenvalue weighted by Gasteiger charge is -2.40. The quantitative estimate of drug-likeness (QED) is 0.0197. The molecule has 0 aromatic carbocycles. The molecule has 1 rings (SSSR count). The fourth-order valence-electron chi connectivity index (χ4n) is 7.76. The molecule has 1 saturated heterocycles. The summed E-state index contributed by atoms with van der Waals surface area (Å²) in [4.78, 5) is 25.4. The van der Waals surface area contributed by atoms with Crippen LogP contribution in [0.5, 0.6) is 0 Å². The first-order chi connectivity index (χ1) is 29.5. The van der Waals surface area contributed by atoms with Gasteiger partial charge in [-0.25, -0.2) is 0 Å².